The van der Waals surface area contributed by atoms with Gasteiger partial charge in [0, 0.05) is 6.54 Å². The van der Waals surface area contributed by atoms with Crippen LogP contribution >= 0.6 is 0 Å². The van der Waals surface area contributed by atoms with Gasteiger partial charge in [-0.3, -0.25) is 4.79 Å². The minimum absolute atomic E-state index is 0.00863. The Morgan fingerprint density at radius 2 is 2.04 bits per heavy atom. The first-order chi connectivity index (χ1) is 12.6. The molecule has 1 aromatic carbocycles. The normalized spacial score (nSPS) is 19.6. The van der Waals surface area contributed by atoms with E-state index in [9.17, 15) is 4.79 Å². The van der Waals surface area contributed by atoms with Crippen LogP contribution in [0.5, 0.6) is 5.75 Å². The fraction of sp³-hybridized carbons (Fsp3) is 0.682. The number of fused-ring (bicyclic) bond motifs is 1. The zero-order chi connectivity index (χ0) is 18.4. The van der Waals surface area contributed by atoms with Gasteiger partial charge in [0.2, 0.25) is 0 Å². The first-order valence-corrected chi connectivity index (χ1v) is 10.4. The smallest absolute Gasteiger partial charge is 0.260 e. The first kappa shape index (κ1) is 19.2. The predicted molar refractivity (Wildman–Crippen MR) is 106 cm³/mol. The van der Waals surface area contributed by atoms with Crippen LogP contribution in [0.4, 0.5) is 0 Å². The van der Waals surface area contributed by atoms with Crippen LogP contribution in [-0.2, 0) is 17.6 Å². The summed E-state index contributed by atoms with van der Waals surface area (Å²) in [7, 11) is 0. The highest BCUT2D eigenvalue weighted by Crippen LogP contribution is 2.30. The second-order valence-electron chi connectivity index (χ2n) is 8.03. The molecule has 1 N–H and O–H groups in total. The van der Waals surface area contributed by atoms with E-state index < -0.39 is 6.10 Å². The van der Waals surface area contributed by atoms with Crippen molar-refractivity contribution in [3.05, 3.63) is 29.3 Å². The number of amides is 1. The van der Waals surface area contributed by atoms with Gasteiger partial charge < -0.3 is 15.0 Å². The number of hydrogen-bond acceptors (Lipinski definition) is 3. The summed E-state index contributed by atoms with van der Waals surface area (Å²) in [5.41, 5.74) is 2.69. The lowest BCUT2D eigenvalue weighted by Gasteiger charge is -2.30. The fourth-order valence-electron chi connectivity index (χ4n) is 4.04. The summed E-state index contributed by atoms with van der Waals surface area (Å²) in [6, 6.07) is 6.24. The molecule has 1 aromatic rings. The van der Waals surface area contributed by atoms with Crippen LogP contribution < -0.4 is 10.1 Å². The molecule has 0 saturated carbocycles. The van der Waals surface area contributed by atoms with E-state index in [1.165, 1.54) is 49.9 Å². The molecular weight excluding hydrogens is 324 g/mol. The number of aryl methyl sites for hydroxylation is 1. The van der Waals surface area contributed by atoms with Crippen molar-refractivity contribution in [2.75, 3.05) is 26.2 Å². The Bertz CT molecular complexity index is 594. The number of nitrogens with zero attached hydrogens (tertiary/aromatic N) is 1. The molecule has 1 amide bonds. The number of carbonyl (C=O) groups is 1. The van der Waals surface area contributed by atoms with Crippen LogP contribution in [0.25, 0.3) is 0 Å². The van der Waals surface area contributed by atoms with Crippen molar-refractivity contribution < 1.29 is 9.53 Å². The second-order valence-corrected chi connectivity index (χ2v) is 8.03. The van der Waals surface area contributed by atoms with Crippen molar-refractivity contribution in [3.8, 4) is 5.75 Å². The van der Waals surface area contributed by atoms with Crippen LogP contribution in [0.15, 0.2) is 18.2 Å². The molecule has 26 heavy (non-hydrogen) atoms. The Labute approximate surface area is 158 Å². The first-order valence-electron chi connectivity index (χ1n) is 10.4. The molecule has 0 aromatic heterocycles. The molecule has 1 atom stereocenters. The summed E-state index contributed by atoms with van der Waals surface area (Å²) in [5, 5.41) is 3.04. The molecule has 1 aliphatic carbocycles. The molecule has 1 saturated heterocycles. The van der Waals surface area contributed by atoms with Crippen LogP contribution in [0, 0.1) is 5.92 Å². The molecule has 144 valence electrons. The van der Waals surface area contributed by atoms with Crippen molar-refractivity contribution >= 4 is 5.91 Å². The summed E-state index contributed by atoms with van der Waals surface area (Å²) in [6.07, 6.45) is 7.83. The van der Waals surface area contributed by atoms with Crippen LogP contribution in [0.3, 0.4) is 0 Å². The Morgan fingerprint density at radius 1 is 1.27 bits per heavy atom. The van der Waals surface area contributed by atoms with E-state index in [0.717, 1.165) is 44.0 Å². The number of nitrogens with one attached hydrogen (secondary N) is 1. The van der Waals surface area contributed by atoms with Gasteiger partial charge in [0.1, 0.15) is 5.75 Å². The number of piperidine rings is 1. The maximum atomic E-state index is 12.4. The third-order valence-electron chi connectivity index (χ3n) is 5.85. The van der Waals surface area contributed by atoms with Crippen molar-refractivity contribution in [1.29, 1.82) is 0 Å². The molecule has 4 heteroatoms. The van der Waals surface area contributed by atoms with Crippen LogP contribution in [0.1, 0.15) is 57.1 Å². The Hall–Kier alpha value is -1.55. The van der Waals surface area contributed by atoms with Crippen molar-refractivity contribution in [1.82, 2.24) is 10.2 Å². The van der Waals surface area contributed by atoms with Gasteiger partial charge >= 0.3 is 0 Å². The van der Waals surface area contributed by atoms with E-state index in [4.69, 9.17) is 4.74 Å². The summed E-state index contributed by atoms with van der Waals surface area (Å²) in [5.74, 6) is 1.76. The number of hydrogen-bond donors (Lipinski definition) is 1. The van der Waals surface area contributed by atoms with Gasteiger partial charge in [-0.25, -0.2) is 0 Å². The number of rotatable bonds is 7. The van der Waals surface area contributed by atoms with Crippen LogP contribution in [-0.4, -0.2) is 43.1 Å². The van der Waals surface area contributed by atoms with Crippen molar-refractivity contribution in [3.63, 3.8) is 0 Å². The lowest BCUT2D eigenvalue weighted by Crippen LogP contribution is -2.39. The van der Waals surface area contributed by atoms with Gasteiger partial charge in [0.25, 0.3) is 5.91 Å². The Balaban J connectivity index is 1.40. The van der Waals surface area contributed by atoms with E-state index >= 15 is 0 Å². The Morgan fingerprint density at radius 3 is 2.85 bits per heavy atom. The van der Waals surface area contributed by atoms with E-state index in [-0.39, 0.29) is 5.91 Å². The Kier molecular flexibility index (Phi) is 6.95. The highest BCUT2D eigenvalue weighted by atomic mass is 16.5. The molecule has 2 aliphatic rings. The fourth-order valence-corrected chi connectivity index (χ4v) is 4.04. The topological polar surface area (TPSA) is 41.6 Å². The second kappa shape index (κ2) is 9.40. The van der Waals surface area contributed by atoms with Gasteiger partial charge in [0.05, 0.1) is 0 Å². The lowest BCUT2D eigenvalue weighted by molar-refractivity contribution is -0.127. The molecule has 0 radical (unpaired) electrons. The average Bonchev–Trinajstić information content (AvgIpc) is 2.66. The molecule has 1 fully saturated rings. The predicted octanol–water partition coefficient (Wildman–Crippen LogP) is 3.57. The molecule has 0 spiro atoms. The molecular formula is C22H34N2O2. The zero-order valence-corrected chi connectivity index (χ0v) is 16.4. The van der Waals surface area contributed by atoms with Crippen LogP contribution in [0.2, 0.25) is 0 Å². The summed E-state index contributed by atoms with van der Waals surface area (Å²) < 4.78 is 6.01. The number of ether oxygens (including phenoxy) is 1. The van der Waals surface area contributed by atoms with E-state index in [0.29, 0.717) is 0 Å². The summed E-state index contributed by atoms with van der Waals surface area (Å²) in [4.78, 5) is 14.9. The number of carbonyl (C=O) groups excluding carboxylic acids is 1. The summed E-state index contributed by atoms with van der Waals surface area (Å²) in [6.45, 7) is 8.40. The van der Waals surface area contributed by atoms with Crippen molar-refractivity contribution in [2.45, 2.75) is 64.9 Å². The van der Waals surface area contributed by atoms with Gasteiger partial charge in [-0.2, -0.15) is 0 Å². The van der Waals surface area contributed by atoms with Gasteiger partial charge in [-0.05, 0) is 94.6 Å². The highest BCUT2D eigenvalue weighted by molar-refractivity contribution is 5.80. The number of benzene rings is 1. The van der Waals surface area contributed by atoms with E-state index in [2.05, 4.69) is 23.2 Å². The molecule has 0 bridgehead atoms. The third-order valence-corrected chi connectivity index (χ3v) is 5.85. The van der Waals surface area contributed by atoms with E-state index in [1.807, 2.05) is 19.1 Å². The monoisotopic (exact) mass is 358 g/mol. The van der Waals surface area contributed by atoms with Gasteiger partial charge in [0.15, 0.2) is 6.10 Å². The zero-order valence-electron chi connectivity index (χ0n) is 16.4. The molecule has 1 aliphatic heterocycles. The average molecular weight is 359 g/mol. The quantitative estimate of drug-likeness (QED) is 0.758. The SMILES string of the molecule is CC1CCN(CCCNC(=O)[C@@H](C)Oc2cccc3c2CCCC3)CC1. The highest BCUT2D eigenvalue weighted by Gasteiger charge is 2.19. The number of likely N-dealkylation sites (tertiary alicyclic amines) is 1. The standard InChI is InChI=1S/C22H34N2O2/c1-17-11-15-24(16-12-17)14-6-13-23-22(25)18(2)26-21-10-5-8-19-7-3-4-9-20(19)21/h5,8,10,17-18H,3-4,6-7,9,11-16H2,1-2H3,(H,23,25)/t18-/m1/s1. The maximum absolute atomic E-state index is 12.4. The van der Waals surface area contributed by atoms with Gasteiger partial charge in [-0.1, -0.05) is 19.1 Å². The van der Waals surface area contributed by atoms with Crippen molar-refractivity contribution in [2.24, 2.45) is 5.92 Å². The maximum Gasteiger partial charge on any atom is 0.260 e. The van der Waals surface area contributed by atoms with E-state index in [1.54, 1.807) is 0 Å². The minimum atomic E-state index is -0.445. The molecule has 3 rings (SSSR count). The molecule has 0 unspecified atom stereocenters. The molecule has 1 heterocycles. The largest absolute Gasteiger partial charge is 0.481 e. The lowest BCUT2D eigenvalue weighted by atomic mass is 9.91. The van der Waals surface area contributed by atoms with Gasteiger partial charge in [-0.15, -0.1) is 0 Å². The summed E-state index contributed by atoms with van der Waals surface area (Å²) >= 11 is 0. The minimum Gasteiger partial charge on any atom is -0.481 e. The molecule has 4 nitrogen and oxygen atoms in total. The third kappa shape index (κ3) is 5.23.